The summed E-state index contributed by atoms with van der Waals surface area (Å²) in [5.74, 6) is 1.34. The first-order valence-electron chi connectivity index (χ1n) is 9.19. The molecule has 2 aromatic rings. The molecule has 3 rings (SSSR count). The summed E-state index contributed by atoms with van der Waals surface area (Å²) in [6, 6.07) is 7.51. The fourth-order valence-electron chi connectivity index (χ4n) is 3.38. The molecule has 0 saturated heterocycles. The summed E-state index contributed by atoms with van der Waals surface area (Å²) in [6.07, 6.45) is 12.9. The van der Waals surface area contributed by atoms with Crippen molar-refractivity contribution in [1.29, 1.82) is 0 Å². The van der Waals surface area contributed by atoms with Crippen molar-refractivity contribution in [2.75, 3.05) is 11.9 Å². The fraction of sp³-hybridized carbons (Fsp3) is 0.450. The Kier molecular flexibility index (Phi) is 8.35. The van der Waals surface area contributed by atoms with Crippen LogP contribution in [0.1, 0.15) is 54.4 Å². The van der Waals surface area contributed by atoms with Gasteiger partial charge in [-0.15, -0.1) is 12.4 Å². The van der Waals surface area contributed by atoms with Crippen LogP contribution in [0, 0.1) is 5.92 Å². The second kappa shape index (κ2) is 10.8. The molecular weight excluding hydrogens is 348 g/mol. The van der Waals surface area contributed by atoms with Crippen LogP contribution < -0.4 is 10.6 Å². The third kappa shape index (κ3) is 5.99. The van der Waals surface area contributed by atoms with Gasteiger partial charge in [0.25, 0.3) is 5.91 Å². The molecule has 0 atom stereocenters. The van der Waals surface area contributed by atoms with Crippen LogP contribution in [-0.2, 0) is 6.54 Å². The van der Waals surface area contributed by atoms with Crippen LogP contribution in [0.3, 0.4) is 0 Å². The molecule has 1 aliphatic rings. The van der Waals surface area contributed by atoms with E-state index in [1.807, 2.05) is 18.2 Å². The van der Waals surface area contributed by atoms with E-state index >= 15 is 0 Å². The topological polar surface area (TPSA) is 66.9 Å². The molecular formula is C20H27ClN4O. The Morgan fingerprint density at radius 2 is 1.85 bits per heavy atom. The molecule has 140 valence electrons. The summed E-state index contributed by atoms with van der Waals surface area (Å²) in [5.41, 5.74) is 1.70. The number of carbonyl (C=O) groups excluding carboxylic acids is 1. The number of aromatic nitrogens is 2. The van der Waals surface area contributed by atoms with Crippen LogP contribution in [0.4, 0.5) is 5.82 Å². The lowest BCUT2D eigenvalue weighted by atomic mass is 9.87. The normalized spacial score (nSPS) is 14.3. The quantitative estimate of drug-likeness (QED) is 0.761. The summed E-state index contributed by atoms with van der Waals surface area (Å²) in [4.78, 5) is 20.9. The lowest BCUT2D eigenvalue weighted by molar-refractivity contribution is 0.0951. The Hall–Kier alpha value is -2.14. The summed E-state index contributed by atoms with van der Waals surface area (Å²) in [5, 5.41) is 6.31. The molecule has 0 unspecified atom stereocenters. The van der Waals surface area contributed by atoms with E-state index in [9.17, 15) is 4.79 Å². The highest BCUT2D eigenvalue weighted by Crippen LogP contribution is 2.25. The van der Waals surface area contributed by atoms with Crippen LogP contribution in [0.25, 0.3) is 0 Å². The number of rotatable bonds is 7. The number of hydrogen-bond donors (Lipinski definition) is 2. The van der Waals surface area contributed by atoms with Gasteiger partial charge >= 0.3 is 0 Å². The summed E-state index contributed by atoms with van der Waals surface area (Å²) >= 11 is 0. The van der Waals surface area contributed by atoms with Gasteiger partial charge in [-0.05, 0) is 42.2 Å². The van der Waals surface area contributed by atoms with Crippen molar-refractivity contribution < 1.29 is 4.79 Å². The molecule has 1 aliphatic carbocycles. The van der Waals surface area contributed by atoms with Crippen molar-refractivity contribution in [2.45, 2.75) is 45.1 Å². The van der Waals surface area contributed by atoms with Gasteiger partial charge in [0.15, 0.2) is 0 Å². The molecule has 0 bridgehead atoms. The Bertz CT molecular complexity index is 675. The molecule has 0 aromatic carbocycles. The number of anilines is 1. The molecule has 1 amide bonds. The highest BCUT2D eigenvalue weighted by atomic mass is 35.5. The van der Waals surface area contributed by atoms with Gasteiger partial charge in [0.2, 0.25) is 0 Å². The first-order chi connectivity index (χ1) is 12.3. The molecule has 6 heteroatoms. The van der Waals surface area contributed by atoms with Crippen molar-refractivity contribution in [1.82, 2.24) is 15.3 Å². The Labute approximate surface area is 161 Å². The van der Waals surface area contributed by atoms with E-state index in [4.69, 9.17) is 0 Å². The van der Waals surface area contributed by atoms with Gasteiger partial charge in [-0.3, -0.25) is 9.78 Å². The first kappa shape index (κ1) is 20.2. The van der Waals surface area contributed by atoms with Gasteiger partial charge < -0.3 is 10.6 Å². The van der Waals surface area contributed by atoms with Gasteiger partial charge in [0, 0.05) is 31.7 Å². The molecule has 2 heterocycles. The van der Waals surface area contributed by atoms with Crippen molar-refractivity contribution in [3.05, 3.63) is 54.0 Å². The lowest BCUT2D eigenvalue weighted by Crippen LogP contribution is -2.27. The van der Waals surface area contributed by atoms with E-state index in [0.29, 0.717) is 17.9 Å². The minimum atomic E-state index is -0.0545. The summed E-state index contributed by atoms with van der Waals surface area (Å²) in [7, 11) is 0. The molecule has 1 fully saturated rings. The Morgan fingerprint density at radius 3 is 2.62 bits per heavy atom. The van der Waals surface area contributed by atoms with E-state index in [2.05, 4.69) is 20.6 Å². The van der Waals surface area contributed by atoms with Gasteiger partial charge in [-0.1, -0.05) is 32.1 Å². The second-order valence-electron chi connectivity index (χ2n) is 6.66. The third-order valence-electron chi connectivity index (χ3n) is 4.82. The number of amides is 1. The number of nitrogens with zero attached hydrogens (tertiary/aromatic N) is 2. The fourth-order valence-corrected chi connectivity index (χ4v) is 3.38. The predicted octanol–water partition coefficient (Wildman–Crippen LogP) is 4.21. The lowest BCUT2D eigenvalue weighted by Gasteiger charge is -2.21. The maximum absolute atomic E-state index is 12.5. The van der Waals surface area contributed by atoms with E-state index in [1.54, 1.807) is 24.7 Å². The Morgan fingerprint density at radius 1 is 1.08 bits per heavy atom. The molecule has 26 heavy (non-hydrogen) atoms. The standard InChI is InChI=1S/C20H26N4O.ClH/c25-20(23-14-10-16-5-2-1-3-6-16)18-7-4-11-22-19(18)24-15-17-8-12-21-13-9-17;/h4,7-9,11-13,16H,1-3,5-6,10,14-15H2,(H,22,24)(H,23,25);1H. The predicted molar refractivity (Wildman–Crippen MR) is 107 cm³/mol. The van der Waals surface area contributed by atoms with Crippen LogP contribution >= 0.6 is 12.4 Å². The van der Waals surface area contributed by atoms with Crippen molar-refractivity contribution >= 4 is 24.1 Å². The molecule has 2 aromatic heterocycles. The maximum Gasteiger partial charge on any atom is 0.255 e. The molecule has 5 nitrogen and oxygen atoms in total. The average Bonchev–Trinajstić information content (AvgIpc) is 2.68. The summed E-state index contributed by atoms with van der Waals surface area (Å²) < 4.78 is 0. The van der Waals surface area contributed by atoms with E-state index < -0.39 is 0 Å². The van der Waals surface area contributed by atoms with Crippen molar-refractivity contribution in [3.8, 4) is 0 Å². The molecule has 0 radical (unpaired) electrons. The third-order valence-corrected chi connectivity index (χ3v) is 4.82. The molecule has 0 aliphatic heterocycles. The number of pyridine rings is 2. The van der Waals surface area contributed by atoms with Gasteiger partial charge in [-0.25, -0.2) is 4.98 Å². The molecule has 0 spiro atoms. The van der Waals surface area contributed by atoms with Crippen LogP contribution in [-0.4, -0.2) is 22.4 Å². The Balaban J connectivity index is 0.00000243. The number of halogens is 1. The average molecular weight is 375 g/mol. The smallest absolute Gasteiger partial charge is 0.255 e. The monoisotopic (exact) mass is 374 g/mol. The van der Waals surface area contributed by atoms with Crippen molar-refractivity contribution in [2.24, 2.45) is 5.92 Å². The van der Waals surface area contributed by atoms with E-state index in [0.717, 1.165) is 24.4 Å². The zero-order valence-corrected chi connectivity index (χ0v) is 15.8. The molecule has 2 N–H and O–H groups in total. The van der Waals surface area contributed by atoms with Crippen LogP contribution in [0.15, 0.2) is 42.9 Å². The van der Waals surface area contributed by atoms with Gasteiger partial charge in [0.05, 0.1) is 5.56 Å². The second-order valence-corrected chi connectivity index (χ2v) is 6.66. The van der Waals surface area contributed by atoms with Crippen molar-refractivity contribution in [3.63, 3.8) is 0 Å². The highest BCUT2D eigenvalue weighted by Gasteiger charge is 2.15. The van der Waals surface area contributed by atoms with E-state index in [1.165, 1.54) is 32.1 Å². The number of nitrogens with one attached hydrogen (secondary N) is 2. The maximum atomic E-state index is 12.5. The minimum Gasteiger partial charge on any atom is -0.365 e. The molecule has 1 saturated carbocycles. The van der Waals surface area contributed by atoms with Crippen LogP contribution in [0.5, 0.6) is 0 Å². The highest BCUT2D eigenvalue weighted by molar-refractivity contribution is 5.98. The first-order valence-corrected chi connectivity index (χ1v) is 9.19. The van der Waals surface area contributed by atoms with Crippen LogP contribution in [0.2, 0.25) is 0 Å². The summed E-state index contributed by atoms with van der Waals surface area (Å²) in [6.45, 7) is 1.35. The largest absolute Gasteiger partial charge is 0.365 e. The zero-order chi connectivity index (χ0) is 17.3. The van der Waals surface area contributed by atoms with Gasteiger partial charge in [0.1, 0.15) is 5.82 Å². The van der Waals surface area contributed by atoms with E-state index in [-0.39, 0.29) is 18.3 Å². The minimum absolute atomic E-state index is 0. The number of hydrogen-bond acceptors (Lipinski definition) is 4. The van der Waals surface area contributed by atoms with Gasteiger partial charge in [-0.2, -0.15) is 0 Å². The SMILES string of the molecule is Cl.O=C(NCCC1CCCCC1)c1cccnc1NCc1ccncc1. The number of carbonyl (C=O) groups is 1. The zero-order valence-electron chi connectivity index (χ0n) is 15.0.